The Bertz CT molecular complexity index is 416. The van der Waals surface area contributed by atoms with Gasteiger partial charge < -0.3 is 19.7 Å². The molecule has 0 saturated carbocycles. The highest BCUT2D eigenvalue weighted by molar-refractivity contribution is 14.0. The van der Waals surface area contributed by atoms with Crippen molar-refractivity contribution in [1.29, 1.82) is 0 Å². The fourth-order valence-electron chi connectivity index (χ4n) is 4.08. The summed E-state index contributed by atoms with van der Waals surface area (Å²) in [7, 11) is 0. The molecule has 0 aliphatic carbocycles. The molecule has 2 atom stereocenters. The minimum absolute atomic E-state index is 0. The van der Waals surface area contributed by atoms with Gasteiger partial charge in [-0.25, -0.2) is 0 Å². The second kappa shape index (κ2) is 10.9. The van der Waals surface area contributed by atoms with Gasteiger partial charge in [0.1, 0.15) is 0 Å². The van der Waals surface area contributed by atoms with Gasteiger partial charge in [-0.1, -0.05) is 0 Å². The van der Waals surface area contributed by atoms with E-state index in [9.17, 15) is 0 Å². The van der Waals surface area contributed by atoms with Crippen LogP contribution in [0.4, 0.5) is 0 Å². The van der Waals surface area contributed by atoms with Gasteiger partial charge in [0.25, 0.3) is 0 Å². The maximum Gasteiger partial charge on any atom is 0.194 e. The number of nitrogens with zero attached hydrogens (tertiary/aromatic N) is 3. The van der Waals surface area contributed by atoms with Crippen molar-refractivity contribution in [2.75, 3.05) is 52.5 Å². The minimum Gasteiger partial charge on any atom is -0.378 e. The van der Waals surface area contributed by atoms with Gasteiger partial charge in [-0.2, -0.15) is 0 Å². The Labute approximate surface area is 169 Å². The maximum atomic E-state index is 6.04. The molecular weight excluding hydrogens is 431 g/mol. The van der Waals surface area contributed by atoms with Gasteiger partial charge in [-0.15, -0.1) is 24.0 Å². The molecule has 146 valence electrons. The summed E-state index contributed by atoms with van der Waals surface area (Å²) in [5.74, 6) is 1.04. The first-order valence-electron chi connectivity index (χ1n) is 9.80. The molecule has 6 nitrogen and oxygen atoms in total. The molecule has 0 aromatic rings. The summed E-state index contributed by atoms with van der Waals surface area (Å²) in [6, 6.07) is 0.663. The number of ether oxygens (including phenoxy) is 2. The van der Waals surface area contributed by atoms with Gasteiger partial charge >= 0.3 is 0 Å². The molecule has 0 aromatic carbocycles. The Kier molecular flexibility index (Phi) is 9.23. The van der Waals surface area contributed by atoms with Crippen LogP contribution in [0.15, 0.2) is 4.99 Å². The fourth-order valence-corrected chi connectivity index (χ4v) is 4.08. The molecule has 0 aromatic heterocycles. The molecule has 0 spiro atoms. The highest BCUT2D eigenvalue weighted by Crippen LogP contribution is 2.22. The van der Waals surface area contributed by atoms with Crippen molar-refractivity contribution in [3.63, 3.8) is 0 Å². The van der Waals surface area contributed by atoms with Crippen LogP contribution in [0.3, 0.4) is 0 Å². The Morgan fingerprint density at radius 1 is 1.20 bits per heavy atom. The smallest absolute Gasteiger partial charge is 0.194 e. The van der Waals surface area contributed by atoms with Gasteiger partial charge in [-0.3, -0.25) is 9.89 Å². The van der Waals surface area contributed by atoms with Crippen LogP contribution in [0.1, 0.15) is 39.5 Å². The second-order valence-electron chi connectivity index (χ2n) is 7.08. The van der Waals surface area contributed by atoms with Crippen LogP contribution in [0.5, 0.6) is 0 Å². The second-order valence-corrected chi connectivity index (χ2v) is 7.08. The molecule has 2 unspecified atom stereocenters. The number of nitrogens with one attached hydrogen (secondary N) is 1. The summed E-state index contributed by atoms with van der Waals surface area (Å²) < 4.78 is 11.8. The SMILES string of the molecule is CCNC(=NCC1CN2CCCC2CO1)N1CCC(OCC)CC1.I. The summed E-state index contributed by atoms with van der Waals surface area (Å²) in [6.45, 7) is 11.9. The van der Waals surface area contributed by atoms with Crippen LogP contribution >= 0.6 is 24.0 Å². The number of halogens is 1. The number of fused-ring (bicyclic) bond motifs is 1. The molecule has 3 heterocycles. The van der Waals surface area contributed by atoms with Crippen LogP contribution in [0.25, 0.3) is 0 Å². The third-order valence-corrected chi connectivity index (χ3v) is 5.38. The Morgan fingerprint density at radius 3 is 2.72 bits per heavy atom. The first-order valence-corrected chi connectivity index (χ1v) is 9.80. The summed E-state index contributed by atoms with van der Waals surface area (Å²) >= 11 is 0. The van der Waals surface area contributed by atoms with Gasteiger partial charge in [0.15, 0.2) is 5.96 Å². The molecule has 25 heavy (non-hydrogen) atoms. The maximum absolute atomic E-state index is 6.04. The average molecular weight is 466 g/mol. The number of rotatable bonds is 5. The molecule has 0 amide bonds. The summed E-state index contributed by atoms with van der Waals surface area (Å²) in [6.07, 6.45) is 5.47. The molecule has 3 rings (SSSR count). The number of aliphatic imine (C=N–C) groups is 1. The van der Waals surface area contributed by atoms with Crippen molar-refractivity contribution in [3.05, 3.63) is 0 Å². The Hall–Kier alpha value is -0.120. The first-order chi connectivity index (χ1) is 11.8. The van der Waals surface area contributed by atoms with E-state index in [1.165, 1.54) is 19.4 Å². The summed E-state index contributed by atoms with van der Waals surface area (Å²) in [4.78, 5) is 9.85. The number of guanidine groups is 1. The van der Waals surface area contributed by atoms with Crippen molar-refractivity contribution in [2.45, 2.75) is 57.8 Å². The highest BCUT2D eigenvalue weighted by Gasteiger charge is 2.32. The molecule has 1 N–H and O–H groups in total. The van der Waals surface area contributed by atoms with E-state index in [0.717, 1.165) is 64.7 Å². The monoisotopic (exact) mass is 466 g/mol. The lowest BCUT2D eigenvalue weighted by Crippen LogP contribution is -2.49. The van der Waals surface area contributed by atoms with E-state index in [2.05, 4.69) is 29.0 Å². The zero-order chi connectivity index (χ0) is 16.8. The van der Waals surface area contributed by atoms with Crippen LogP contribution in [-0.2, 0) is 9.47 Å². The molecule has 3 aliphatic rings. The molecule has 3 saturated heterocycles. The van der Waals surface area contributed by atoms with E-state index >= 15 is 0 Å². The van der Waals surface area contributed by atoms with Crippen molar-refractivity contribution >= 4 is 29.9 Å². The van der Waals surface area contributed by atoms with Crippen molar-refractivity contribution in [3.8, 4) is 0 Å². The number of hydrogen-bond donors (Lipinski definition) is 1. The predicted molar refractivity (Wildman–Crippen MR) is 112 cm³/mol. The number of piperidine rings is 1. The lowest BCUT2D eigenvalue weighted by atomic mass is 10.1. The first kappa shape index (κ1) is 21.2. The summed E-state index contributed by atoms with van der Waals surface area (Å²) in [5, 5.41) is 3.45. The van der Waals surface area contributed by atoms with E-state index in [-0.39, 0.29) is 30.1 Å². The minimum atomic E-state index is 0. The van der Waals surface area contributed by atoms with E-state index < -0.39 is 0 Å². The molecule has 3 aliphatic heterocycles. The number of likely N-dealkylation sites (tertiary alicyclic amines) is 1. The zero-order valence-electron chi connectivity index (χ0n) is 15.8. The largest absolute Gasteiger partial charge is 0.378 e. The highest BCUT2D eigenvalue weighted by atomic mass is 127. The van der Waals surface area contributed by atoms with E-state index in [4.69, 9.17) is 14.5 Å². The molecule has 0 bridgehead atoms. The van der Waals surface area contributed by atoms with Crippen LogP contribution < -0.4 is 5.32 Å². The van der Waals surface area contributed by atoms with Crippen molar-refractivity contribution in [2.24, 2.45) is 4.99 Å². The number of hydrogen-bond acceptors (Lipinski definition) is 4. The van der Waals surface area contributed by atoms with Crippen LogP contribution in [0, 0.1) is 0 Å². The van der Waals surface area contributed by atoms with Crippen LogP contribution in [0.2, 0.25) is 0 Å². The predicted octanol–water partition coefficient (Wildman–Crippen LogP) is 1.93. The standard InChI is InChI=1S/C18H34N4O2.HI/c1-3-19-18(21-10-7-16(8-11-21)23-4-2)20-12-17-13-22-9-5-6-15(22)14-24-17;/h15-17H,3-14H2,1-2H3,(H,19,20);1H. The van der Waals surface area contributed by atoms with Crippen molar-refractivity contribution < 1.29 is 9.47 Å². The molecular formula is C18H35IN4O2. The average Bonchev–Trinajstić information content (AvgIpc) is 3.07. The fraction of sp³-hybridized carbons (Fsp3) is 0.944. The molecule has 7 heteroatoms. The van der Waals surface area contributed by atoms with Crippen LogP contribution in [-0.4, -0.2) is 86.5 Å². The van der Waals surface area contributed by atoms with Crippen molar-refractivity contribution in [1.82, 2.24) is 15.1 Å². The zero-order valence-corrected chi connectivity index (χ0v) is 18.1. The van der Waals surface area contributed by atoms with E-state index in [1.807, 2.05) is 0 Å². The van der Waals surface area contributed by atoms with E-state index in [0.29, 0.717) is 12.1 Å². The van der Waals surface area contributed by atoms with Gasteiger partial charge in [0.2, 0.25) is 0 Å². The normalized spacial score (nSPS) is 28.6. The lowest BCUT2D eigenvalue weighted by Gasteiger charge is -2.36. The lowest BCUT2D eigenvalue weighted by molar-refractivity contribution is -0.0433. The third-order valence-electron chi connectivity index (χ3n) is 5.38. The van der Waals surface area contributed by atoms with Gasteiger partial charge in [-0.05, 0) is 46.1 Å². The third kappa shape index (κ3) is 5.94. The van der Waals surface area contributed by atoms with Gasteiger partial charge in [0.05, 0.1) is 25.4 Å². The Morgan fingerprint density at radius 2 is 2.00 bits per heavy atom. The molecule has 3 fully saturated rings. The molecule has 0 radical (unpaired) electrons. The summed E-state index contributed by atoms with van der Waals surface area (Å²) in [5.41, 5.74) is 0. The number of morpholine rings is 1. The topological polar surface area (TPSA) is 49.3 Å². The van der Waals surface area contributed by atoms with Gasteiger partial charge in [0, 0.05) is 38.8 Å². The quantitative estimate of drug-likeness (QED) is 0.381. The Balaban J connectivity index is 0.00000225. The van der Waals surface area contributed by atoms with E-state index in [1.54, 1.807) is 0 Å².